The Morgan fingerprint density at radius 3 is 2.33 bits per heavy atom. The van der Waals surface area contributed by atoms with E-state index in [0.717, 1.165) is 19.6 Å². The molecular weight excluding hydrogens is 348 g/mol. The summed E-state index contributed by atoms with van der Waals surface area (Å²) in [4.78, 5) is 28.2. The fourth-order valence-corrected chi connectivity index (χ4v) is 2.55. The Hall–Kier alpha value is -2.28. The number of likely N-dealkylation sites (N-methyl/N-ethyl adjacent to an activating group) is 1. The molecule has 0 bridgehead atoms. The van der Waals surface area contributed by atoms with Gasteiger partial charge in [0, 0.05) is 25.7 Å². The number of nitrogens with zero attached hydrogens (tertiary/aromatic N) is 2. The summed E-state index contributed by atoms with van der Waals surface area (Å²) in [7, 11) is 1.58. The van der Waals surface area contributed by atoms with Crippen LogP contribution in [0.15, 0.2) is 24.3 Å². The van der Waals surface area contributed by atoms with E-state index in [-0.39, 0.29) is 24.9 Å². The van der Waals surface area contributed by atoms with E-state index in [9.17, 15) is 9.59 Å². The first kappa shape index (κ1) is 22.8. The number of ether oxygens (including phenoxy) is 3. The molecule has 7 heteroatoms. The normalized spacial score (nSPS) is 10.6. The van der Waals surface area contributed by atoms with E-state index in [4.69, 9.17) is 14.2 Å². The van der Waals surface area contributed by atoms with E-state index in [1.165, 1.54) is 0 Å². The predicted octanol–water partition coefficient (Wildman–Crippen LogP) is 2.20. The lowest BCUT2D eigenvalue weighted by Crippen LogP contribution is -2.42. The summed E-state index contributed by atoms with van der Waals surface area (Å²) < 4.78 is 15.7. The van der Waals surface area contributed by atoms with Gasteiger partial charge in [-0.15, -0.1) is 0 Å². The number of carbonyl (C=O) groups is 2. The molecule has 0 aliphatic rings. The second-order valence-corrected chi connectivity index (χ2v) is 5.93. The van der Waals surface area contributed by atoms with Crippen molar-refractivity contribution in [3.63, 3.8) is 0 Å². The van der Waals surface area contributed by atoms with E-state index in [1.807, 2.05) is 6.07 Å². The Labute approximate surface area is 162 Å². The minimum Gasteiger partial charge on any atom is -0.497 e. The summed E-state index contributed by atoms with van der Waals surface area (Å²) in [5.41, 5.74) is 0. The monoisotopic (exact) mass is 380 g/mol. The van der Waals surface area contributed by atoms with E-state index in [1.54, 1.807) is 37.1 Å². The van der Waals surface area contributed by atoms with Crippen LogP contribution < -0.4 is 9.47 Å². The second kappa shape index (κ2) is 13.0. The maximum absolute atomic E-state index is 12.6. The van der Waals surface area contributed by atoms with Crippen molar-refractivity contribution >= 4 is 11.9 Å². The summed E-state index contributed by atoms with van der Waals surface area (Å²) in [5, 5.41) is 0. The molecule has 0 atom stereocenters. The smallest absolute Gasteiger partial charge is 0.307 e. The van der Waals surface area contributed by atoms with E-state index in [0.29, 0.717) is 31.2 Å². The van der Waals surface area contributed by atoms with Crippen molar-refractivity contribution in [3.05, 3.63) is 24.3 Å². The van der Waals surface area contributed by atoms with Crippen LogP contribution in [-0.4, -0.2) is 74.7 Å². The molecule has 0 radical (unpaired) electrons. The highest BCUT2D eigenvalue weighted by molar-refractivity contribution is 5.78. The molecule has 0 aliphatic heterocycles. The molecule has 1 aromatic rings. The predicted molar refractivity (Wildman–Crippen MR) is 104 cm³/mol. The molecule has 1 rings (SSSR count). The van der Waals surface area contributed by atoms with E-state index < -0.39 is 0 Å². The van der Waals surface area contributed by atoms with Gasteiger partial charge >= 0.3 is 5.97 Å². The summed E-state index contributed by atoms with van der Waals surface area (Å²) in [5.74, 6) is 0.776. The lowest BCUT2D eigenvalue weighted by Gasteiger charge is -2.26. The van der Waals surface area contributed by atoms with Gasteiger partial charge in [-0.1, -0.05) is 19.9 Å². The molecule has 0 heterocycles. The largest absolute Gasteiger partial charge is 0.497 e. The van der Waals surface area contributed by atoms with Gasteiger partial charge in [-0.2, -0.15) is 0 Å². The molecule has 0 aromatic heterocycles. The minimum absolute atomic E-state index is 0.0890. The first-order valence-corrected chi connectivity index (χ1v) is 9.46. The Kier molecular flexibility index (Phi) is 10.9. The van der Waals surface area contributed by atoms with Crippen molar-refractivity contribution in [1.29, 1.82) is 0 Å². The molecule has 0 unspecified atom stereocenters. The summed E-state index contributed by atoms with van der Waals surface area (Å²) in [6.45, 7) is 9.62. The number of hydrogen-bond acceptors (Lipinski definition) is 6. The van der Waals surface area contributed by atoms with Gasteiger partial charge < -0.3 is 24.0 Å². The molecule has 0 N–H and O–H groups in total. The van der Waals surface area contributed by atoms with E-state index in [2.05, 4.69) is 18.7 Å². The molecular formula is C20H32N2O5. The Morgan fingerprint density at radius 2 is 1.70 bits per heavy atom. The number of benzene rings is 1. The zero-order valence-electron chi connectivity index (χ0n) is 16.9. The van der Waals surface area contributed by atoms with Crippen molar-refractivity contribution in [2.45, 2.75) is 27.2 Å². The van der Waals surface area contributed by atoms with Gasteiger partial charge in [0.25, 0.3) is 5.91 Å². The SMILES string of the molecule is CCOC(=O)CCN(CCN(CC)CC)C(=O)COc1cccc(OC)c1. The number of hydrogen-bond donors (Lipinski definition) is 0. The molecule has 0 saturated carbocycles. The van der Waals surface area contributed by atoms with Gasteiger partial charge in [-0.05, 0) is 32.1 Å². The average Bonchev–Trinajstić information content (AvgIpc) is 2.69. The number of esters is 1. The third kappa shape index (κ3) is 8.77. The topological polar surface area (TPSA) is 68.3 Å². The van der Waals surface area contributed by atoms with Crippen molar-refractivity contribution in [3.8, 4) is 11.5 Å². The van der Waals surface area contributed by atoms with Gasteiger partial charge in [0.1, 0.15) is 11.5 Å². The summed E-state index contributed by atoms with van der Waals surface area (Å²) in [6, 6.07) is 7.11. The van der Waals surface area contributed by atoms with Crippen LogP contribution in [0.5, 0.6) is 11.5 Å². The van der Waals surface area contributed by atoms with Gasteiger partial charge in [-0.3, -0.25) is 9.59 Å². The third-order valence-corrected chi connectivity index (χ3v) is 4.23. The zero-order chi connectivity index (χ0) is 20.1. The average molecular weight is 380 g/mol. The molecule has 7 nitrogen and oxygen atoms in total. The van der Waals surface area contributed by atoms with Crippen molar-refractivity contribution in [2.75, 3.05) is 53.0 Å². The molecule has 1 amide bonds. The van der Waals surface area contributed by atoms with Gasteiger partial charge in [0.2, 0.25) is 0 Å². The maximum Gasteiger partial charge on any atom is 0.307 e. The fraction of sp³-hybridized carbons (Fsp3) is 0.600. The Balaban J connectivity index is 2.64. The van der Waals surface area contributed by atoms with Crippen LogP contribution in [0.4, 0.5) is 0 Å². The second-order valence-electron chi connectivity index (χ2n) is 5.93. The number of methoxy groups -OCH3 is 1. The minimum atomic E-state index is -0.299. The standard InChI is InChI=1S/C20H32N2O5/c1-5-21(6-2)13-14-22(12-11-20(24)26-7-3)19(23)16-27-18-10-8-9-17(15-18)25-4/h8-10,15H,5-7,11-14,16H2,1-4H3. The van der Waals surface area contributed by atoms with Crippen LogP contribution in [0.3, 0.4) is 0 Å². The Bertz CT molecular complexity index is 575. The number of carbonyl (C=O) groups excluding carboxylic acids is 2. The molecule has 0 spiro atoms. The van der Waals surface area contributed by atoms with E-state index >= 15 is 0 Å². The number of amides is 1. The van der Waals surface area contributed by atoms with Gasteiger partial charge in [-0.25, -0.2) is 0 Å². The first-order valence-electron chi connectivity index (χ1n) is 9.46. The third-order valence-electron chi connectivity index (χ3n) is 4.23. The highest BCUT2D eigenvalue weighted by Crippen LogP contribution is 2.18. The van der Waals surface area contributed by atoms with Crippen LogP contribution in [0.25, 0.3) is 0 Å². The maximum atomic E-state index is 12.6. The summed E-state index contributed by atoms with van der Waals surface area (Å²) >= 11 is 0. The van der Waals surface area contributed by atoms with Crippen molar-refractivity contribution in [2.24, 2.45) is 0 Å². The lowest BCUT2D eigenvalue weighted by molar-refractivity contribution is -0.144. The molecule has 0 aliphatic carbocycles. The molecule has 1 aromatic carbocycles. The fourth-order valence-electron chi connectivity index (χ4n) is 2.55. The Morgan fingerprint density at radius 1 is 1.00 bits per heavy atom. The van der Waals surface area contributed by atoms with Crippen LogP contribution in [0, 0.1) is 0 Å². The van der Waals surface area contributed by atoms with Crippen molar-refractivity contribution in [1.82, 2.24) is 9.80 Å². The molecule has 152 valence electrons. The van der Waals surface area contributed by atoms with Crippen LogP contribution in [-0.2, 0) is 14.3 Å². The highest BCUT2D eigenvalue weighted by atomic mass is 16.5. The van der Waals surface area contributed by atoms with Crippen LogP contribution >= 0.6 is 0 Å². The first-order chi connectivity index (χ1) is 13.0. The molecule has 0 saturated heterocycles. The van der Waals surface area contributed by atoms with Gasteiger partial charge in [0.05, 0.1) is 20.1 Å². The summed E-state index contributed by atoms with van der Waals surface area (Å²) in [6.07, 6.45) is 0.178. The molecule has 0 fully saturated rings. The quantitative estimate of drug-likeness (QED) is 0.489. The van der Waals surface area contributed by atoms with Crippen LogP contribution in [0.2, 0.25) is 0 Å². The van der Waals surface area contributed by atoms with Crippen LogP contribution in [0.1, 0.15) is 27.2 Å². The van der Waals surface area contributed by atoms with Gasteiger partial charge in [0.15, 0.2) is 6.61 Å². The number of rotatable bonds is 13. The van der Waals surface area contributed by atoms with Crippen molar-refractivity contribution < 1.29 is 23.8 Å². The molecule has 27 heavy (non-hydrogen) atoms. The highest BCUT2D eigenvalue weighted by Gasteiger charge is 2.17. The zero-order valence-corrected chi connectivity index (χ0v) is 16.9. The lowest BCUT2D eigenvalue weighted by atomic mass is 10.3.